The van der Waals surface area contributed by atoms with Crippen molar-refractivity contribution in [3.05, 3.63) is 52.5 Å². The third-order valence-corrected chi connectivity index (χ3v) is 5.97. The third kappa shape index (κ3) is 4.00. The number of thioether (sulfide) groups is 1. The van der Waals surface area contributed by atoms with Crippen LogP contribution in [0.2, 0.25) is 5.02 Å². The van der Waals surface area contributed by atoms with Crippen molar-refractivity contribution in [3.63, 3.8) is 0 Å². The van der Waals surface area contributed by atoms with Gasteiger partial charge in [-0.2, -0.15) is 0 Å². The van der Waals surface area contributed by atoms with Crippen molar-refractivity contribution in [1.29, 1.82) is 0 Å². The van der Waals surface area contributed by atoms with Gasteiger partial charge in [0.2, 0.25) is 5.91 Å². The number of hydrogen-bond donors (Lipinski definition) is 3. The summed E-state index contributed by atoms with van der Waals surface area (Å²) in [6, 6.07) is 10.1. The molecule has 144 valence electrons. The average molecular weight is 416 g/mol. The van der Waals surface area contributed by atoms with E-state index in [1.54, 1.807) is 30.3 Å². The fourth-order valence-electron chi connectivity index (χ4n) is 2.85. The Hall–Kier alpha value is -2.51. The molecule has 8 heteroatoms. The van der Waals surface area contributed by atoms with Crippen LogP contribution in [0.1, 0.15) is 40.5 Å². The minimum Gasteiger partial charge on any atom is -0.349 e. The van der Waals surface area contributed by atoms with Crippen molar-refractivity contribution in [3.8, 4) is 0 Å². The van der Waals surface area contributed by atoms with Crippen molar-refractivity contribution >= 4 is 52.5 Å². The highest BCUT2D eigenvalue weighted by molar-refractivity contribution is 8.00. The van der Waals surface area contributed by atoms with Crippen LogP contribution < -0.4 is 16.0 Å². The summed E-state index contributed by atoms with van der Waals surface area (Å²) in [7, 11) is 0. The number of fused-ring (bicyclic) bond motifs is 1. The van der Waals surface area contributed by atoms with Crippen LogP contribution >= 0.6 is 23.4 Å². The van der Waals surface area contributed by atoms with Crippen LogP contribution in [0.5, 0.6) is 0 Å². The molecular formula is C20H18ClN3O3S. The van der Waals surface area contributed by atoms with Gasteiger partial charge in [0, 0.05) is 21.5 Å². The molecule has 3 amide bonds. The molecule has 28 heavy (non-hydrogen) atoms. The number of hydrogen-bond acceptors (Lipinski definition) is 4. The first kappa shape index (κ1) is 18.8. The van der Waals surface area contributed by atoms with Gasteiger partial charge < -0.3 is 16.0 Å². The smallest absolute Gasteiger partial charge is 0.255 e. The molecule has 0 spiro atoms. The van der Waals surface area contributed by atoms with E-state index >= 15 is 0 Å². The summed E-state index contributed by atoms with van der Waals surface area (Å²) in [4.78, 5) is 38.0. The van der Waals surface area contributed by atoms with E-state index in [4.69, 9.17) is 11.6 Å². The van der Waals surface area contributed by atoms with Gasteiger partial charge in [0.1, 0.15) is 0 Å². The molecule has 0 radical (unpaired) electrons. The van der Waals surface area contributed by atoms with Crippen molar-refractivity contribution in [1.82, 2.24) is 5.32 Å². The van der Waals surface area contributed by atoms with Gasteiger partial charge in [-0.1, -0.05) is 11.6 Å². The van der Waals surface area contributed by atoms with E-state index in [1.807, 2.05) is 13.0 Å². The molecule has 2 aliphatic rings. The van der Waals surface area contributed by atoms with E-state index in [9.17, 15) is 14.4 Å². The van der Waals surface area contributed by atoms with Gasteiger partial charge in [0.25, 0.3) is 11.8 Å². The average Bonchev–Trinajstić information content (AvgIpc) is 3.47. The zero-order chi connectivity index (χ0) is 19.8. The first-order valence-corrected chi connectivity index (χ1v) is 10.2. The maximum atomic E-state index is 12.7. The predicted molar refractivity (Wildman–Crippen MR) is 110 cm³/mol. The second kappa shape index (κ2) is 7.48. The molecule has 1 unspecified atom stereocenters. The third-order valence-electron chi connectivity index (χ3n) is 4.56. The topological polar surface area (TPSA) is 87.3 Å². The maximum absolute atomic E-state index is 12.7. The minimum absolute atomic E-state index is 0.0909. The molecule has 1 saturated carbocycles. The Morgan fingerprint density at radius 2 is 1.93 bits per heavy atom. The van der Waals surface area contributed by atoms with Crippen molar-refractivity contribution in [2.24, 2.45) is 0 Å². The number of carbonyl (C=O) groups excluding carboxylic acids is 3. The number of rotatable bonds is 4. The molecular weight excluding hydrogens is 398 g/mol. The molecule has 4 rings (SSSR count). The lowest BCUT2D eigenvalue weighted by Gasteiger charge is -2.21. The summed E-state index contributed by atoms with van der Waals surface area (Å²) >= 11 is 7.49. The fourth-order valence-corrected chi connectivity index (χ4v) is 3.95. The van der Waals surface area contributed by atoms with Crippen LogP contribution in [0.3, 0.4) is 0 Å². The summed E-state index contributed by atoms with van der Waals surface area (Å²) in [5, 5.41) is 8.74. The number of halogens is 1. The summed E-state index contributed by atoms with van der Waals surface area (Å²) < 4.78 is 0. The predicted octanol–water partition coefficient (Wildman–Crippen LogP) is 3.92. The van der Waals surface area contributed by atoms with Crippen LogP contribution in [0.15, 0.2) is 41.3 Å². The maximum Gasteiger partial charge on any atom is 0.255 e. The highest BCUT2D eigenvalue weighted by Crippen LogP contribution is 2.36. The van der Waals surface area contributed by atoms with Crippen LogP contribution in [-0.2, 0) is 4.79 Å². The number of anilines is 2. The minimum atomic E-state index is -0.372. The SMILES string of the molecule is CC1Sc2ccc(C(=O)Nc3ccc(Cl)cc3C(=O)NC3CC3)cc2NC1=O. The van der Waals surface area contributed by atoms with Gasteiger partial charge in [-0.05, 0) is 56.2 Å². The van der Waals surface area contributed by atoms with Crippen molar-refractivity contribution in [2.75, 3.05) is 10.6 Å². The summed E-state index contributed by atoms with van der Waals surface area (Å²) in [6.45, 7) is 1.83. The van der Waals surface area contributed by atoms with E-state index in [1.165, 1.54) is 11.8 Å². The van der Waals surface area contributed by atoms with Crippen molar-refractivity contribution < 1.29 is 14.4 Å². The molecule has 1 atom stereocenters. The lowest BCUT2D eigenvalue weighted by molar-refractivity contribution is -0.115. The standard InChI is InChI=1S/C20H18ClN3O3S/c1-10-18(25)24-16-8-11(2-7-17(16)28-10)19(26)23-15-6-3-12(21)9-14(15)20(27)22-13-4-5-13/h2-3,6-10,13H,4-5H2,1H3,(H,22,27)(H,23,26)(H,24,25). The molecule has 0 saturated heterocycles. The molecule has 2 aromatic carbocycles. The number of nitrogens with one attached hydrogen (secondary N) is 3. The normalized spacial score (nSPS) is 18.1. The molecule has 1 aliphatic heterocycles. The Balaban J connectivity index is 1.56. The van der Waals surface area contributed by atoms with E-state index in [0.717, 1.165) is 17.7 Å². The molecule has 3 N–H and O–H groups in total. The highest BCUT2D eigenvalue weighted by atomic mass is 35.5. The van der Waals surface area contributed by atoms with Gasteiger partial charge in [-0.15, -0.1) is 11.8 Å². The summed E-state index contributed by atoms with van der Waals surface area (Å²) in [5.74, 6) is -0.723. The number of benzene rings is 2. The van der Waals surface area contributed by atoms with E-state index in [0.29, 0.717) is 27.5 Å². The first-order valence-electron chi connectivity index (χ1n) is 8.94. The van der Waals surface area contributed by atoms with Gasteiger partial charge in [0.15, 0.2) is 0 Å². The largest absolute Gasteiger partial charge is 0.349 e. The van der Waals surface area contributed by atoms with Crippen LogP contribution in [0.25, 0.3) is 0 Å². The lowest BCUT2D eigenvalue weighted by atomic mass is 10.1. The van der Waals surface area contributed by atoms with E-state index in [-0.39, 0.29) is 29.0 Å². The Bertz CT molecular complexity index is 991. The second-order valence-electron chi connectivity index (χ2n) is 6.85. The lowest BCUT2D eigenvalue weighted by Crippen LogP contribution is -2.27. The Morgan fingerprint density at radius 3 is 2.68 bits per heavy atom. The Labute approximate surface area is 171 Å². The Kier molecular flexibility index (Phi) is 5.03. The summed E-state index contributed by atoms with van der Waals surface area (Å²) in [5.41, 5.74) is 1.71. The zero-order valence-electron chi connectivity index (χ0n) is 15.0. The highest BCUT2D eigenvalue weighted by Gasteiger charge is 2.26. The molecule has 0 bridgehead atoms. The van der Waals surface area contributed by atoms with E-state index < -0.39 is 0 Å². The monoisotopic (exact) mass is 415 g/mol. The first-order chi connectivity index (χ1) is 13.4. The Morgan fingerprint density at radius 1 is 1.14 bits per heavy atom. The molecule has 1 fully saturated rings. The van der Waals surface area contributed by atoms with Gasteiger partial charge in [0.05, 0.1) is 22.2 Å². The van der Waals surface area contributed by atoms with Gasteiger partial charge >= 0.3 is 0 Å². The number of amides is 3. The van der Waals surface area contributed by atoms with Crippen molar-refractivity contribution in [2.45, 2.75) is 36.0 Å². The summed E-state index contributed by atoms with van der Waals surface area (Å²) in [6.07, 6.45) is 1.93. The van der Waals surface area contributed by atoms with Crippen LogP contribution in [0.4, 0.5) is 11.4 Å². The molecule has 2 aromatic rings. The van der Waals surface area contributed by atoms with E-state index in [2.05, 4.69) is 16.0 Å². The molecule has 1 heterocycles. The van der Waals surface area contributed by atoms with Crippen LogP contribution in [0, 0.1) is 0 Å². The van der Waals surface area contributed by atoms with Gasteiger partial charge in [-0.25, -0.2) is 0 Å². The zero-order valence-corrected chi connectivity index (χ0v) is 16.6. The van der Waals surface area contributed by atoms with Crippen LogP contribution in [-0.4, -0.2) is 29.0 Å². The number of carbonyl (C=O) groups is 3. The molecule has 6 nitrogen and oxygen atoms in total. The molecule has 1 aliphatic carbocycles. The second-order valence-corrected chi connectivity index (χ2v) is 8.67. The van der Waals surface area contributed by atoms with Gasteiger partial charge in [-0.3, -0.25) is 14.4 Å². The quantitative estimate of drug-likeness (QED) is 0.706. The molecule has 0 aromatic heterocycles. The fraction of sp³-hybridized carbons (Fsp3) is 0.250.